The summed E-state index contributed by atoms with van der Waals surface area (Å²) in [5, 5.41) is 0. The smallest absolute Gasteiger partial charge is 0.264 e. The monoisotopic (exact) mass is 477 g/mol. The summed E-state index contributed by atoms with van der Waals surface area (Å²) in [5.41, 5.74) is 4.43. The lowest BCUT2D eigenvalue weighted by Crippen LogP contribution is -2.47. The van der Waals surface area contributed by atoms with Crippen LogP contribution < -0.4 is 9.21 Å². The summed E-state index contributed by atoms with van der Waals surface area (Å²) in [6, 6.07) is 25.4. The topological polar surface area (TPSA) is 43.9 Å². The van der Waals surface area contributed by atoms with Crippen molar-refractivity contribution in [2.45, 2.75) is 43.7 Å². The fraction of sp³-hybridized carbons (Fsp3) is 0.357. The first-order valence-electron chi connectivity index (χ1n) is 12.1. The Morgan fingerprint density at radius 2 is 1.35 bits per heavy atom. The second kappa shape index (κ2) is 10.6. The molecule has 180 valence electrons. The first-order valence-corrected chi connectivity index (χ1v) is 13.5. The fourth-order valence-corrected chi connectivity index (χ4v) is 6.33. The molecule has 0 unspecified atom stereocenters. The maximum absolute atomic E-state index is 13.8. The molecule has 0 spiro atoms. The van der Waals surface area contributed by atoms with Crippen LogP contribution >= 0.6 is 0 Å². The van der Waals surface area contributed by atoms with Crippen LogP contribution in [0.25, 0.3) is 0 Å². The van der Waals surface area contributed by atoms with Crippen molar-refractivity contribution in [3.63, 3.8) is 0 Å². The van der Waals surface area contributed by atoms with Crippen LogP contribution in [0.15, 0.2) is 83.8 Å². The van der Waals surface area contributed by atoms with Crippen molar-refractivity contribution in [2.75, 3.05) is 36.4 Å². The Labute approximate surface area is 204 Å². The van der Waals surface area contributed by atoms with Crippen LogP contribution in [-0.2, 0) is 23.0 Å². The largest absolute Gasteiger partial charge is 0.378 e. The standard InChI is InChI=1S/C28H35N3O2S/c1-4-23-10-16-26(17-11-23)31(34(32,33)28-8-6-5-7-9-28)27-18-20-30(21-19-27)22-24-12-14-25(15-13-24)29(2)3/h5-17,27H,4,18-22H2,1-3H3. The highest BCUT2D eigenvalue weighted by atomic mass is 32.2. The number of aryl methyl sites for hydroxylation is 1. The van der Waals surface area contributed by atoms with Crippen molar-refractivity contribution in [2.24, 2.45) is 0 Å². The fourth-order valence-electron chi connectivity index (χ4n) is 4.60. The maximum atomic E-state index is 13.8. The van der Waals surface area contributed by atoms with Gasteiger partial charge in [-0.25, -0.2) is 8.42 Å². The van der Waals surface area contributed by atoms with Crippen molar-refractivity contribution >= 4 is 21.4 Å². The van der Waals surface area contributed by atoms with Gasteiger partial charge in [-0.15, -0.1) is 0 Å². The first kappa shape index (κ1) is 24.3. The Bertz CT molecular complexity index is 1150. The molecule has 1 saturated heterocycles. The summed E-state index contributed by atoms with van der Waals surface area (Å²) in [7, 11) is 0.440. The molecule has 1 fully saturated rings. The highest BCUT2D eigenvalue weighted by Crippen LogP contribution is 2.31. The minimum Gasteiger partial charge on any atom is -0.378 e. The lowest BCUT2D eigenvalue weighted by atomic mass is 10.0. The Kier molecular flexibility index (Phi) is 7.59. The molecule has 1 aliphatic heterocycles. The SMILES string of the molecule is CCc1ccc(N(C2CCN(Cc3ccc(N(C)C)cc3)CC2)S(=O)(=O)c2ccccc2)cc1. The molecule has 0 radical (unpaired) electrons. The molecule has 0 saturated carbocycles. The maximum Gasteiger partial charge on any atom is 0.264 e. The third-order valence-corrected chi connectivity index (χ3v) is 8.54. The highest BCUT2D eigenvalue weighted by Gasteiger charge is 2.34. The molecule has 0 N–H and O–H groups in total. The number of rotatable bonds is 8. The number of sulfonamides is 1. The second-order valence-corrected chi connectivity index (χ2v) is 11.0. The number of benzene rings is 3. The van der Waals surface area contributed by atoms with E-state index in [2.05, 4.69) is 41.0 Å². The molecule has 0 aliphatic carbocycles. The molecular weight excluding hydrogens is 442 g/mol. The molecule has 1 heterocycles. The van der Waals surface area contributed by atoms with Gasteiger partial charge < -0.3 is 4.90 Å². The van der Waals surface area contributed by atoms with Gasteiger partial charge in [0.25, 0.3) is 10.0 Å². The third kappa shape index (κ3) is 5.45. The number of likely N-dealkylation sites (tertiary alicyclic amines) is 1. The van der Waals surface area contributed by atoms with Crippen LogP contribution in [0.1, 0.15) is 30.9 Å². The second-order valence-electron chi connectivity index (χ2n) is 9.20. The van der Waals surface area contributed by atoms with E-state index in [0.29, 0.717) is 4.90 Å². The summed E-state index contributed by atoms with van der Waals surface area (Å²) in [5.74, 6) is 0. The van der Waals surface area contributed by atoms with Crippen LogP contribution in [-0.4, -0.2) is 46.5 Å². The quantitative estimate of drug-likeness (QED) is 0.449. The average molecular weight is 478 g/mol. The Balaban J connectivity index is 1.52. The third-order valence-electron chi connectivity index (χ3n) is 6.65. The van der Waals surface area contributed by atoms with Gasteiger partial charge in [0.15, 0.2) is 0 Å². The van der Waals surface area contributed by atoms with Crippen molar-refractivity contribution in [3.05, 3.63) is 90.0 Å². The van der Waals surface area contributed by atoms with E-state index in [4.69, 9.17) is 0 Å². The van der Waals surface area contributed by atoms with Crippen molar-refractivity contribution < 1.29 is 8.42 Å². The van der Waals surface area contributed by atoms with Gasteiger partial charge in [0.1, 0.15) is 0 Å². The summed E-state index contributed by atoms with van der Waals surface area (Å²) in [4.78, 5) is 4.87. The number of piperidine rings is 1. The Hall–Kier alpha value is -2.83. The van der Waals surface area contributed by atoms with Gasteiger partial charge in [-0.1, -0.05) is 49.4 Å². The average Bonchev–Trinajstić information content (AvgIpc) is 2.86. The number of anilines is 2. The van der Waals surface area contributed by atoms with E-state index in [1.807, 2.05) is 44.4 Å². The Morgan fingerprint density at radius 3 is 1.91 bits per heavy atom. The minimum atomic E-state index is -3.65. The normalized spacial score (nSPS) is 15.3. The van der Waals surface area contributed by atoms with Crippen molar-refractivity contribution in [1.29, 1.82) is 0 Å². The summed E-state index contributed by atoms with van der Waals surface area (Å²) >= 11 is 0. The van der Waals surface area contributed by atoms with Crippen LogP contribution in [0.4, 0.5) is 11.4 Å². The molecule has 5 nitrogen and oxygen atoms in total. The summed E-state index contributed by atoms with van der Waals surface area (Å²) in [6.07, 6.45) is 2.54. The van der Waals surface area contributed by atoms with Gasteiger partial charge in [0.2, 0.25) is 0 Å². The van der Waals surface area contributed by atoms with Crippen LogP contribution in [0.2, 0.25) is 0 Å². The van der Waals surface area contributed by atoms with Crippen molar-refractivity contribution in [3.8, 4) is 0 Å². The molecule has 34 heavy (non-hydrogen) atoms. The lowest BCUT2D eigenvalue weighted by Gasteiger charge is -2.39. The molecule has 0 amide bonds. The van der Waals surface area contributed by atoms with E-state index >= 15 is 0 Å². The van der Waals surface area contributed by atoms with E-state index in [0.717, 1.165) is 44.6 Å². The zero-order valence-electron chi connectivity index (χ0n) is 20.4. The molecular formula is C28H35N3O2S. The highest BCUT2D eigenvalue weighted by molar-refractivity contribution is 7.92. The van der Waals surface area contributed by atoms with Crippen LogP contribution in [0.5, 0.6) is 0 Å². The van der Waals surface area contributed by atoms with Gasteiger partial charge >= 0.3 is 0 Å². The van der Waals surface area contributed by atoms with Crippen LogP contribution in [0, 0.1) is 0 Å². The summed E-state index contributed by atoms with van der Waals surface area (Å²) < 4.78 is 29.2. The van der Waals surface area contributed by atoms with Gasteiger partial charge in [0.05, 0.1) is 10.6 Å². The van der Waals surface area contributed by atoms with Crippen molar-refractivity contribution in [1.82, 2.24) is 4.90 Å². The molecule has 3 aromatic carbocycles. The van der Waals surface area contributed by atoms with Gasteiger partial charge in [-0.2, -0.15) is 0 Å². The van der Waals surface area contributed by atoms with Gasteiger partial charge in [0, 0.05) is 45.5 Å². The molecule has 1 aliphatic rings. The number of hydrogen-bond donors (Lipinski definition) is 0. The molecule has 3 aromatic rings. The van der Waals surface area contributed by atoms with E-state index in [1.54, 1.807) is 28.6 Å². The summed E-state index contributed by atoms with van der Waals surface area (Å²) in [6.45, 7) is 4.73. The first-order chi connectivity index (χ1) is 16.4. The number of nitrogens with zero attached hydrogens (tertiary/aromatic N) is 3. The van der Waals surface area contributed by atoms with Gasteiger partial charge in [-0.05, 0) is 66.8 Å². The molecule has 0 atom stereocenters. The number of hydrogen-bond acceptors (Lipinski definition) is 4. The lowest BCUT2D eigenvalue weighted by molar-refractivity contribution is 0.206. The Morgan fingerprint density at radius 1 is 0.794 bits per heavy atom. The van der Waals surface area contributed by atoms with E-state index < -0.39 is 10.0 Å². The predicted octanol–water partition coefficient (Wildman–Crippen LogP) is 5.17. The van der Waals surface area contributed by atoms with E-state index in [9.17, 15) is 8.42 Å². The zero-order valence-corrected chi connectivity index (χ0v) is 21.2. The molecule has 4 rings (SSSR count). The molecule has 6 heteroatoms. The minimum absolute atomic E-state index is 0.0648. The molecule has 0 bridgehead atoms. The van der Waals surface area contributed by atoms with Gasteiger partial charge in [-0.3, -0.25) is 9.21 Å². The zero-order chi connectivity index (χ0) is 24.1. The molecule has 0 aromatic heterocycles. The predicted molar refractivity (Wildman–Crippen MR) is 141 cm³/mol. The van der Waals surface area contributed by atoms with E-state index in [1.165, 1.54) is 16.8 Å². The van der Waals surface area contributed by atoms with Crippen LogP contribution in [0.3, 0.4) is 0 Å². The van der Waals surface area contributed by atoms with E-state index in [-0.39, 0.29) is 6.04 Å².